The van der Waals surface area contributed by atoms with E-state index >= 15 is 0 Å². The van der Waals surface area contributed by atoms with E-state index in [-0.39, 0.29) is 12.5 Å². The molecule has 0 spiro atoms. The molecule has 0 atom stereocenters. The summed E-state index contributed by atoms with van der Waals surface area (Å²) in [7, 11) is 3.03. The van der Waals surface area contributed by atoms with Gasteiger partial charge in [-0.3, -0.25) is 28.9 Å². The number of carbonyl (C=O) groups is 1. The van der Waals surface area contributed by atoms with Gasteiger partial charge in [-0.15, -0.1) is 10.2 Å². The Morgan fingerprint density at radius 2 is 1.94 bits per heavy atom. The lowest BCUT2D eigenvalue weighted by Crippen LogP contribution is -2.41. The second kappa shape index (κ2) is 8.90. The van der Waals surface area contributed by atoms with Crippen LogP contribution >= 0.6 is 23.1 Å². The van der Waals surface area contributed by atoms with Crippen LogP contribution in [0.5, 0.6) is 0 Å². The van der Waals surface area contributed by atoms with Crippen molar-refractivity contribution in [3.05, 3.63) is 20.8 Å². The second-order valence-electron chi connectivity index (χ2n) is 6.93. The third kappa shape index (κ3) is 4.28. The van der Waals surface area contributed by atoms with Crippen LogP contribution in [-0.2, 0) is 30.2 Å². The van der Waals surface area contributed by atoms with Crippen molar-refractivity contribution in [2.24, 2.45) is 14.1 Å². The molecule has 1 saturated heterocycles. The van der Waals surface area contributed by atoms with Crippen molar-refractivity contribution in [3.8, 4) is 0 Å². The van der Waals surface area contributed by atoms with Crippen LogP contribution in [0.1, 0.15) is 6.92 Å². The van der Waals surface area contributed by atoms with E-state index < -0.39 is 11.2 Å². The van der Waals surface area contributed by atoms with E-state index in [1.54, 1.807) is 11.6 Å². The van der Waals surface area contributed by atoms with Crippen LogP contribution in [0, 0.1) is 0 Å². The highest BCUT2D eigenvalue weighted by molar-refractivity contribution is 8.01. The molecule has 0 aliphatic carbocycles. The highest BCUT2D eigenvalue weighted by Crippen LogP contribution is 2.32. The third-order valence-corrected chi connectivity index (χ3v) is 6.82. The van der Waals surface area contributed by atoms with Gasteiger partial charge in [-0.25, -0.2) is 9.78 Å². The number of morpholine rings is 1. The number of rotatable bonds is 6. The van der Waals surface area contributed by atoms with Gasteiger partial charge in [0.15, 0.2) is 20.7 Å². The maximum Gasteiger partial charge on any atom is 0.332 e. The van der Waals surface area contributed by atoms with Gasteiger partial charge >= 0.3 is 5.69 Å². The summed E-state index contributed by atoms with van der Waals surface area (Å²) in [6.07, 6.45) is 0. The molecule has 14 heteroatoms. The number of hydrogen-bond acceptors (Lipinski definition) is 10. The normalized spacial score (nSPS) is 14.9. The molecular formula is C17H22N8O4S2. The van der Waals surface area contributed by atoms with Crippen molar-refractivity contribution >= 4 is 45.3 Å². The largest absolute Gasteiger partial charge is 0.379 e. The van der Waals surface area contributed by atoms with Crippen LogP contribution < -0.4 is 16.6 Å². The summed E-state index contributed by atoms with van der Waals surface area (Å²) in [5, 5.41) is 11.8. The summed E-state index contributed by atoms with van der Waals surface area (Å²) in [5.41, 5.74) is -0.150. The van der Waals surface area contributed by atoms with Crippen molar-refractivity contribution in [2.45, 2.75) is 23.0 Å². The Morgan fingerprint density at radius 1 is 1.19 bits per heavy atom. The first kappa shape index (κ1) is 21.7. The fourth-order valence-corrected chi connectivity index (χ4v) is 5.12. The van der Waals surface area contributed by atoms with E-state index in [0.29, 0.717) is 45.6 Å². The van der Waals surface area contributed by atoms with Crippen molar-refractivity contribution in [2.75, 3.05) is 38.2 Å². The number of imidazole rings is 1. The van der Waals surface area contributed by atoms with Crippen LogP contribution in [0.25, 0.3) is 11.2 Å². The Labute approximate surface area is 184 Å². The molecule has 1 amide bonds. The molecule has 0 aromatic carbocycles. The number of nitrogens with one attached hydrogen (secondary N) is 1. The molecule has 0 radical (unpaired) electrons. The highest BCUT2D eigenvalue weighted by atomic mass is 32.2. The lowest BCUT2D eigenvalue weighted by Gasteiger charge is -2.25. The van der Waals surface area contributed by atoms with Crippen LogP contribution in [0.15, 0.2) is 19.1 Å². The molecule has 0 unspecified atom stereocenters. The zero-order valence-corrected chi connectivity index (χ0v) is 19.0. The average Bonchev–Trinajstić information content (AvgIpc) is 3.35. The molecule has 166 valence electrons. The fraction of sp³-hybridized carbons (Fsp3) is 0.529. The number of amides is 1. The van der Waals surface area contributed by atoms with Gasteiger partial charge in [0.1, 0.15) is 0 Å². The van der Waals surface area contributed by atoms with E-state index in [4.69, 9.17) is 4.74 Å². The van der Waals surface area contributed by atoms with Gasteiger partial charge in [-0.1, -0.05) is 11.3 Å². The number of fused-ring (bicyclic) bond motifs is 1. The Hall–Kier alpha value is -2.55. The van der Waals surface area contributed by atoms with Gasteiger partial charge < -0.3 is 9.30 Å². The third-order valence-electron chi connectivity index (χ3n) is 4.93. The molecule has 1 aliphatic rings. The second-order valence-corrected chi connectivity index (χ2v) is 9.12. The standard InChI is InChI=1S/C17H22N8O4S2/c1-4-25-11-12(22(2)17(28)23(3)13(11)27)19-15(25)31-16-21-20-14(30-16)18-10(26)9-24-5-7-29-8-6-24/h4-9H2,1-3H3,(H,18,20,26). The van der Waals surface area contributed by atoms with Crippen molar-refractivity contribution in [1.29, 1.82) is 0 Å². The summed E-state index contributed by atoms with van der Waals surface area (Å²) in [5.74, 6) is -0.158. The lowest BCUT2D eigenvalue weighted by molar-refractivity contribution is -0.118. The highest BCUT2D eigenvalue weighted by Gasteiger charge is 2.21. The van der Waals surface area contributed by atoms with Gasteiger partial charge in [0, 0.05) is 33.7 Å². The van der Waals surface area contributed by atoms with Crippen LogP contribution in [0.3, 0.4) is 0 Å². The van der Waals surface area contributed by atoms with E-state index in [2.05, 4.69) is 20.5 Å². The fourth-order valence-electron chi connectivity index (χ4n) is 3.30. The summed E-state index contributed by atoms with van der Waals surface area (Å²) >= 11 is 2.45. The van der Waals surface area contributed by atoms with E-state index in [9.17, 15) is 14.4 Å². The summed E-state index contributed by atoms with van der Waals surface area (Å²) in [6.45, 7) is 5.36. The van der Waals surface area contributed by atoms with Gasteiger partial charge in [0.2, 0.25) is 11.0 Å². The predicted octanol–water partition coefficient (Wildman–Crippen LogP) is -0.273. The quantitative estimate of drug-likeness (QED) is 0.488. The molecule has 4 heterocycles. The maximum absolute atomic E-state index is 12.6. The first-order valence-electron chi connectivity index (χ1n) is 9.66. The summed E-state index contributed by atoms with van der Waals surface area (Å²) in [4.78, 5) is 43.6. The number of ether oxygens (including phenoxy) is 1. The van der Waals surface area contributed by atoms with Crippen molar-refractivity contribution < 1.29 is 9.53 Å². The monoisotopic (exact) mass is 466 g/mol. The molecule has 3 aromatic rings. The molecule has 3 aromatic heterocycles. The summed E-state index contributed by atoms with van der Waals surface area (Å²) < 4.78 is 10.0. The first-order valence-corrected chi connectivity index (χ1v) is 11.3. The van der Waals surface area contributed by atoms with E-state index in [1.807, 2.05) is 11.8 Å². The van der Waals surface area contributed by atoms with E-state index in [0.717, 1.165) is 17.7 Å². The molecule has 0 saturated carbocycles. The minimum atomic E-state index is -0.434. The lowest BCUT2D eigenvalue weighted by atomic mass is 10.4. The topological polar surface area (TPSA) is 129 Å². The maximum atomic E-state index is 12.6. The number of anilines is 1. The first-order chi connectivity index (χ1) is 14.9. The summed E-state index contributed by atoms with van der Waals surface area (Å²) in [6, 6.07) is 0. The number of nitrogens with zero attached hydrogens (tertiary/aromatic N) is 7. The Bertz CT molecular complexity index is 1240. The van der Waals surface area contributed by atoms with Crippen molar-refractivity contribution in [3.63, 3.8) is 0 Å². The van der Waals surface area contributed by atoms with Gasteiger partial charge in [0.25, 0.3) is 5.56 Å². The zero-order chi connectivity index (χ0) is 22.1. The Morgan fingerprint density at radius 3 is 2.65 bits per heavy atom. The smallest absolute Gasteiger partial charge is 0.332 e. The molecule has 0 bridgehead atoms. The Balaban J connectivity index is 1.54. The molecule has 31 heavy (non-hydrogen) atoms. The van der Waals surface area contributed by atoms with Crippen molar-refractivity contribution in [1.82, 2.24) is 33.8 Å². The molecular weight excluding hydrogens is 444 g/mol. The van der Waals surface area contributed by atoms with Crippen LogP contribution in [0.2, 0.25) is 0 Å². The minimum absolute atomic E-state index is 0.158. The average molecular weight is 467 g/mol. The zero-order valence-electron chi connectivity index (χ0n) is 17.3. The van der Waals surface area contributed by atoms with Gasteiger partial charge in [0.05, 0.1) is 19.8 Å². The number of aryl methyl sites for hydroxylation is 2. The van der Waals surface area contributed by atoms with Gasteiger partial charge in [-0.05, 0) is 18.7 Å². The molecule has 4 rings (SSSR count). The molecule has 12 nitrogen and oxygen atoms in total. The number of aromatic nitrogens is 6. The molecule has 1 fully saturated rings. The van der Waals surface area contributed by atoms with E-state index in [1.165, 1.54) is 34.7 Å². The molecule has 1 aliphatic heterocycles. The van der Waals surface area contributed by atoms with Gasteiger partial charge in [-0.2, -0.15) is 0 Å². The van der Waals surface area contributed by atoms with Crippen LogP contribution in [-0.4, -0.2) is 72.5 Å². The number of carbonyl (C=O) groups excluding carboxylic acids is 1. The number of hydrogen-bond donors (Lipinski definition) is 1. The minimum Gasteiger partial charge on any atom is -0.379 e. The van der Waals surface area contributed by atoms with Crippen LogP contribution in [0.4, 0.5) is 5.13 Å². The molecule has 1 N–H and O–H groups in total. The predicted molar refractivity (Wildman–Crippen MR) is 116 cm³/mol. The SMILES string of the molecule is CCn1c(Sc2nnc(NC(=O)CN3CCOCC3)s2)nc2c1c(=O)n(C)c(=O)n2C. The Kier molecular flexibility index (Phi) is 6.22.